The number of carbonyl (C=O) groups is 1. The molecule has 0 aliphatic heterocycles. The molecule has 2 aliphatic carbocycles. The van der Waals surface area contributed by atoms with Crippen molar-refractivity contribution >= 4 is 5.91 Å². The molecule has 1 amide bonds. The van der Waals surface area contributed by atoms with Crippen LogP contribution in [-0.2, 0) is 17.8 Å². The minimum atomic E-state index is -0.0542. The van der Waals surface area contributed by atoms with Crippen molar-refractivity contribution in [2.45, 2.75) is 50.6 Å². The largest absolute Gasteiger partial charge is 0.348 e. The van der Waals surface area contributed by atoms with E-state index in [9.17, 15) is 4.79 Å². The second-order valence-corrected chi connectivity index (χ2v) is 6.16. The Bertz CT molecular complexity index is 691. The number of nitrogens with zero attached hydrogens (tertiary/aromatic N) is 4. The fraction of sp³-hybridized carbons (Fsp3) is 0.500. The van der Waals surface area contributed by atoms with Crippen LogP contribution >= 0.6 is 0 Å². The first-order chi connectivity index (χ1) is 10.8. The molecular formula is C16H19N5O. The summed E-state index contributed by atoms with van der Waals surface area (Å²) in [4.78, 5) is 13.6. The highest BCUT2D eigenvalue weighted by Crippen LogP contribution is 2.37. The van der Waals surface area contributed by atoms with Gasteiger partial charge in [0.25, 0.3) is 0 Å². The van der Waals surface area contributed by atoms with Gasteiger partial charge in [0.05, 0.1) is 6.04 Å². The van der Waals surface area contributed by atoms with Gasteiger partial charge in [0.2, 0.25) is 5.91 Å². The van der Waals surface area contributed by atoms with Crippen LogP contribution < -0.4 is 5.32 Å². The molecule has 1 fully saturated rings. The van der Waals surface area contributed by atoms with Crippen molar-refractivity contribution in [1.82, 2.24) is 25.5 Å². The van der Waals surface area contributed by atoms with Crippen LogP contribution in [-0.4, -0.2) is 26.1 Å². The molecule has 1 aromatic carbocycles. The SMILES string of the molecule is O=C(Cn1nnc(C2CC2)n1)NC1CCCc2ccccc21. The lowest BCUT2D eigenvalue weighted by Gasteiger charge is -2.26. The Morgan fingerprint density at radius 2 is 2.14 bits per heavy atom. The highest BCUT2D eigenvalue weighted by molar-refractivity contribution is 5.76. The number of aromatic nitrogens is 4. The van der Waals surface area contributed by atoms with E-state index < -0.39 is 0 Å². The van der Waals surface area contributed by atoms with E-state index >= 15 is 0 Å². The zero-order valence-electron chi connectivity index (χ0n) is 12.4. The van der Waals surface area contributed by atoms with Gasteiger partial charge in [-0.15, -0.1) is 10.2 Å². The van der Waals surface area contributed by atoms with E-state index in [-0.39, 0.29) is 18.5 Å². The number of carbonyl (C=O) groups excluding carboxylic acids is 1. The first kappa shape index (κ1) is 13.4. The van der Waals surface area contributed by atoms with Gasteiger partial charge in [0, 0.05) is 5.92 Å². The predicted octanol–water partition coefficient (Wildman–Crippen LogP) is 1.74. The Labute approximate surface area is 128 Å². The maximum Gasteiger partial charge on any atom is 0.244 e. The van der Waals surface area contributed by atoms with Gasteiger partial charge in [-0.1, -0.05) is 24.3 Å². The van der Waals surface area contributed by atoms with Crippen molar-refractivity contribution in [3.63, 3.8) is 0 Å². The number of nitrogens with one attached hydrogen (secondary N) is 1. The average Bonchev–Trinajstić information content (AvgIpc) is 3.28. The van der Waals surface area contributed by atoms with Crippen LogP contribution in [0, 0.1) is 0 Å². The number of fused-ring (bicyclic) bond motifs is 1. The first-order valence-corrected chi connectivity index (χ1v) is 7.94. The van der Waals surface area contributed by atoms with Gasteiger partial charge in [-0.05, 0) is 48.4 Å². The summed E-state index contributed by atoms with van der Waals surface area (Å²) in [5.41, 5.74) is 2.58. The predicted molar refractivity (Wildman–Crippen MR) is 80.1 cm³/mol. The molecule has 22 heavy (non-hydrogen) atoms. The maximum atomic E-state index is 12.2. The first-order valence-electron chi connectivity index (χ1n) is 7.94. The lowest BCUT2D eigenvalue weighted by atomic mass is 9.88. The molecule has 1 aromatic heterocycles. The topological polar surface area (TPSA) is 72.7 Å². The second kappa shape index (κ2) is 5.51. The van der Waals surface area contributed by atoms with Gasteiger partial charge in [-0.25, -0.2) is 0 Å². The summed E-state index contributed by atoms with van der Waals surface area (Å²) in [7, 11) is 0. The number of tetrazole rings is 1. The monoisotopic (exact) mass is 297 g/mol. The molecule has 2 aliphatic rings. The summed E-state index contributed by atoms with van der Waals surface area (Å²) in [6, 6.07) is 8.45. The minimum absolute atomic E-state index is 0.0542. The number of benzene rings is 1. The fourth-order valence-electron chi connectivity index (χ4n) is 3.10. The van der Waals surface area contributed by atoms with Crippen molar-refractivity contribution in [3.05, 3.63) is 41.2 Å². The molecule has 0 radical (unpaired) electrons. The molecule has 1 heterocycles. The third-order valence-electron chi connectivity index (χ3n) is 4.40. The lowest BCUT2D eigenvalue weighted by Crippen LogP contribution is -2.34. The highest BCUT2D eigenvalue weighted by atomic mass is 16.2. The summed E-state index contributed by atoms with van der Waals surface area (Å²) in [5.74, 6) is 1.18. The third kappa shape index (κ3) is 2.73. The minimum Gasteiger partial charge on any atom is -0.348 e. The summed E-state index contributed by atoms with van der Waals surface area (Å²) >= 11 is 0. The van der Waals surface area contributed by atoms with Gasteiger partial charge >= 0.3 is 0 Å². The Kier molecular flexibility index (Phi) is 3.36. The van der Waals surface area contributed by atoms with Crippen molar-refractivity contribution in [1.29, 1.82) is 0 Å². The van der Waals surface area contributed by atoms with Crippen LogP contribution in [0.3, 0.4) is 0 Å². The van der Waals surface area contributed by atoms with Crippen molar-refractivity contribution < 1.29 is 4.79 Å². The van der Waals surface area contributed by atoms with E-state index in [1.165, 1.54) is 15.9 Å². The van der Waals surface area contributed by atoms with Crippen LogP contribution in [0.5, 0.6) is 0 Å². The molecule has 0 saturated heterocycles. The third-order valence-corrected chi connectivity index (χ3v) is 4.40. The Morgan fingerprint density at radius 3 is 3.00 bits per heavy atom. The van der Waals surface area contributed by atoms with Gasteiger partial charge in [0.1, 0.15) is 6.54 Å². The molecule has 114 valence electrons. The maximum absolute atomic E-state index is 12.2. The van der Waals surface area contributed by atoms with Crippen LogP contribution in [0.1, 0.15) is 54.6 Å². The van der Waals surface area contributed by atoms with Gasteiger partial charge < -0.3 is 5.32 Å². The molecular weight excluding hydrogens is 278 g/mol. The van der Waals surface area contributed by atoms with Crippen LogP contribution in [0.15, 0.2) is 24.3 Å². The van der Waals surface area contributed by atoms with E-state index in [4.69, 9.17) is 0 Å². The van der Waals surface area contributed by atoms with E-state index in [0.29, 0.717) is 5.92 Å². The summed E-state index contributed by atoms with van der Waals surface area (Å²) in [5, 5.41) is 15.4. The normalized spacial score (nSPS) is 20.5. The van der Waals surface area contributed by atoms with E-state index in [1.807, 2.05) is 6.07 Å². The number of aryl methyl sites for hydroxylation is 1. The molecule has 0 bridgehead atoms. The zero-order chi connectivity index (χ0) is 14.9. The summed E-state index contributed by atoms with van der Waals surface area (Å²) < 4.78 is 0. The van der Waals surface area contributed by atoms with E-state index in [2.05, 4.69) is 38.9 Å². The number of hydrogen-bond donors (Lipinski definition) is 1. The van der Waals surface area contributed by atoms with Crippen LogP contribution in [0.25, 0.3) is 0 Å². The van der Waals surface area contributed by atoms with Crippen LogP contribution in [0.4, 0.5) is 0 Å². The molecule has 1 unspecified atom stereocenters. The average molecular weight is 297 g/mol. The van der Waals surface area contributed by atoms with Gasteiger partial charge in [0.15, 0.2) is 5.82 Å². The molecule has 0 spiro atoms. The summed E-state index contributed by atoms with van der Waals surface area (Å²) in [6.45, 7) is 0.137. The smallest absolute Gasteiger partial charge is 0.244 e. The van der Waals surface area contributed by atoms with Crippen molar-refractivity contribution in [2.75, 3.05) is 0 Å². The van der Waals surface area contributed by atoms with Crippen molar-refractivity contribution in [3.8, 4) is 0 Å². The second-order valence-electron chi connectivity index (χ2n) is 6.16. The fourth-order valence-corrected chi connectivity index (χ4v) is 3.10. The van der Waals surface area contributed by atoms with Crippen molar-refractivity contribution in [2.24, 2.45) is 0 Å². The molecule has 1 saturated carbocycles. The number of hydrogen-bond acceptors (Lipinski definition) is 4. The van der Waals surface area contributed by atoms with Gasteiger partial charge in [-0.2, -0.15) is 4.80 Å². The summed E-state index contributed by atoms with van der Waals surface area (Å²) in [6.07, 6.45) is 5.46. The molecule has 1 atom stereocenters. The Morgan fingerprint density at radius 1 is 1.27 bits per heavy atom. The standard InChI is InChI=1S/C16H19N5O/c22-15(10-21-19-16(18-20-21)12-8-9-12)17-14-7-3-5-11-4-1-2-6-13(11)14/h1-2,4,6,12,14H,3,5,7-10H2,(H,17,22). The number of rotatable bonds is 4. The molecule has 1 N–H and O–H groups in total. The Balaban J connectivity index is 1.41. The quantitative estimate of drug-likeness (QED) is 0.933. The van der Waals surface area contributed by atoms with E-state index in [1.54, 1.807) is 0 Å². The number of amides is 1. The molecule has 4 rings (SSSR count). The van der Waals surface area contributed by atoms with Crippen LogP contribution in [0.2, 0.25) is 0 Å². The lowest BCUT2D eigenvalue weighted by molar-refractivity contribution is -0.122. The highest BCUT2D eigenvalue weighted by Gasteiger charge is 2.28. The molecule has 6 nitrogen and oxygen atoms in total. The molecule has 6 heteroatoms. The zero-order valence-corrected chi connectivity index (χ0v) is 12.4. The Hall–Kier alpha value is -2.24. The van der Waals surface area contributed by atoms with E-state index in [0.717, 1.165) is 37.9 Å². The molecule has 2 aromatic rings. The van der Waals surface area contributed by atoms with Gasteiger partial charge in [-0.3, -0.25) is 4.79 Å².